The molecule has 4 atom stereocenters. The Morgan fingerprint density at radius 1 is 1.15 bits per heavy atom. The van der Waals surface area contributed by atoms with Crippen molar-refractivity contribution in [2.24, 2.45) is 5.92 Å². The van der Waals surface area contributed by atoms with Crippen molar-refractivity contribution in [1.29, 1.82) is 5.26 Å². The van der Waals surface area contributed by atoms with Gasteiger partial charge in [-0.1, -0.05) is 19.8 Å². The van der Waals surface area contributed by atoms with E-state index >= 15 is 0 Å². The molecule has 3 amide bonds. The van der Waals surface area contributed by atoms with Crippen LogP contribution >= 0.6 is 0 Å². The Kier molecular flexibility index (Phi) is 8.81. The zero-order valence-corrected chi connectivity index (χ0v) is 24.0. The highest BCUT2D eigenvalue weighted by atomic mass is 16.6. The third-order valence-electron chi connectivity index (χ3n) is 7.79. The van der Waals surface area contributed by atoms with Crippen molar-refractivity contribution in [3.63, 3.8) is 0 Å². The van der Waals surface area contributed by atoms with Crippen molar-refractivity contribution in [2.45, 2.75) is 89.9 Å². The molecule has 2 aromatic heterocycles. The topological polar surface area (TPSA) is 145 Å². The lowest BCUT2D eigenvalue weighted by atomic mass is 9.90. The van der Waals surface area contributed by atoms with Crippen LogP contribution in [0.2, 0.25) is 0 Å². The number of likely N-dealkylation sites (tertiary alicyclic amines) is 1. The van der Waals surface area contributed by atoms with Crippen LogP contribution < -0.4 is 15.5 Å². The average Bonchev–Trinajstić information content (AvgIpc) is 3.33. The number of carbonyl (C=O) groups is 3. The van der Waals surface area contributed by atoms with Crippen LogP contribution in [-0.2, 0) is 9.53 Å². The fraction of sp³-hybridized carbons (Fsp3) is 0.643. The number of anilines is 1. The van der Waals surface area contributed by atoms with Gasteiger partial charge in [-0.2, -0.15) is 5.26 Å². The van der Waals surface area contributed by atoms with Gasteiger partial charge < -0.3 is 25.2 Å². The fourth-order valence-electron chi connectivity index (χ4n) is 5.66. The molecule has 0 radical (unpaired) electrons. The van der Waals surface area contributed by atoms with E-state index in [1.165, 1.54) is 10.9 Å². The number of nitriles is 1. The Bertz CT molecular complexity index is 1280. The Balaban J connectivity index is 1.50. The van der Waals surface area contributed by atoms with Gasteiger partial charge in [-0.05, 0) is 52.0 Å². The van der Waals surface area contributed by atoms with Crippen LogP contribution in [0.1, 0.15) is 66.2 Å². The normalized spacial score (nSPS) is 23.2. The molecule has 4 rings (SSSR count). The van der Waals surface area contributed by atoms with Crippen molar-refractivity contribution >= 4 is 34.9 Å². The smallest absolute Gasteiger partial charge is 0.407 e. The average molecular weight is 553 g/mol. The fourth-order valence-corrected chi connectivity index (χ4v) is 5.66. The molecule has 0 spiro atoms. The molecule has 40 heavy (non-hydrogen) atoms. The van der Waals surface area contributed by atoms with E-state index in [1.54, 1.807) is 11.1 Å². The first-order valence-electron chi connectivity index (χ1n) is 14.0. The lowest BCUT2D eigenvalue weighted by Crippen LogP contribution is -2.54. The van der Waals surface area contributed by atoms with Gasteiger partial charge in [0.1, 0.15) is 24.2 Å². The number of hydrogen-bond acceptors (Lipinski definition) is 8. The summed E-state index contributed by atoms with van der Waals surface area (Å²) in [7, 11) is 1.94. The Morgan fingerprint density at radius 3 is 2.52 bits per heavy atom. The van der Waals surface area contributed by atoms with Crippen LogP contribution in [0, 0.1) is 17.2 Å². The number of amides is 3. The zero-order chi connectivity index (χ0) is 29.0. The minimum absolute atomic E-state index is 0.00593. The van der Waals surface area contributed by atoms with Crippen LogP contribution in [-0.4, -0.2) is 81.3 Å². The number of aromatic nitrogens is 3. The van der Waals surface area contributed by atoms with Crippen molar-refractivity contribution in [3.8, 4) is 6.07 Å². The third-order valence-corrected chi connectivity index (χ3v) is 7.79. The second-order valence-corrected chi connectivity index (χ2v) is 11.8. The molecule has 2 fully saturated rings. The number of hydrogen-bond donors (Lipinski definition) is 2. The molecule has 1 saturated carbocycles. The molecule has 2 unspecified atom stereocenters. The van der Waals surface area contributed by atoms with Gasteiger partial charge in [-0.15, -0.1) is 0 Å². The molecule has 1 aliphatic carbocycles. The maximum absolute atomic E-state index is 13.4. The molecule has 3 heterocycles. The highest BCUT2D eigenvalue weighted by molar-refractivity contribution is 5.95. The summed E-state index contributed by atoms with van der Waals surface area (Å²) < 4.78 is 6.90. The van der Waals surface area contributed by atoms with Gasteiger partial charge in [-0.3, -0.25) is 9.36 Å². The minimum Gasteiger partial charge on any atom is -0.444 e. The molecule has 0 bridgehead atoms. The van der Waals surface area contributed by atoms with Crippen LogP contribution in [0.5, 0.6) is 0 Å². The standard InChI is InChI=1S/C28H40N8O4/c1-18-11-14-35(23(37)10-13-29)16-22(18)34(5)24-19-12-15-36(25(19)31-17-30-24)26(38)32-20-8-6-7-9-21(20)33-27(39)40-28(2,3)4/h12,15,17-18,20-22H,6-11,14,16H2,1-5H3,(H,32,38)(H,33,39)/t18-,20?,21?,22+/m1/s1. The van der Waals surface area contributed by atoms with Gasteiger partial charge in [0, 0.05) is 26.3 Å². The molecule has 12 nitrogen and oxygen atoms in total. The van der Waals surface area contributed by atoms with Crippen LogP contribution in [0.3, 0.4) is 0 Å². The monoisotopic (exact) mass is 552 g/mol. The summed E-state index contributed by atoms with van der Waals surface area (Å²) in [5, 5.41) is 15.7. The lowest BCUT2D eigenvalue weighted by molar-refractivity contribution is -0.131. The van der Waals surface area contributed by atoms with Crippen LogP contribution in [0.4, 0.5) is 15.4 Å². The summed E-state index contributed by atoms with van der Waals surface area (Å²) in [5.74, 6) is 0.808. The van der Waals surface area contributed by atoms with Gasteiger partial charge in [-0.25, -0.2) is 19.6 Å². The molecule has 1 saturated heterocycles. The van der Waals surface area contributed by atoms with Crippen molar-refractivity contribution < 1.29 is 19.1 Å². The van der Waals surface area contributed by atoms with Crippen molar-refractivity contribution in [1.82, 2.24) is 30.1 Å². The van der Waals surface area contributed by atoms with E-state index < -0.39 is 11.7 Å². The maximum Gasteiger partial charge on any atom is 0.407 e. The summed E-state index contributed by atoms with van der Waals surface area (Å²) >= 11 is 0. The second-order valence-electron chi connectivity index (χ2n) is 11.8. The molecule has 2 aromatic rings. The number of piperidine rings is 1. The number of alkyl carbamates (subject to hydrolysis) is 1. The van der Waals surface area contributed by atoms with E-state index in [9.17, 15) is 14.4 Å². The molecule has 1 aliphatic heterocycles. The number of carbonyl (C=O) groups excluding carboxylic acids is 3. The van der Waals surface area contributed by atoms with E-state index in [-0.39, 0.29) is 36.5 Å². The molecule has 0 aromatic carbocycles. The molecule has 216 valence electrons. The van der Waals surface area contributed by atoms with Gasteiger partial charge in [0.15, 0.2) is 5.65 Å². The summed E-state index contributed by atoms with van der Waals surface area (Å²) in [4.78, 5) is 51.0. The SMILES string of the molecule is C[C@@H]1CCN(C(=O)CC#N)C[C@@H]1N(C)c1ncnc2c1ccn2C(=O)NC1CCCCC1NC(=O)OC(C)(C)C. The molecule has 2 aliphatic rings. The summed E-state index contributed by atoms with van der Waals surface area (Å²) in [5.41, 5.74) is -0.130. The Labute approximate surface area is 235 Å². The molecular formula is C28H40N8O4. The van der Waals surface area contributed by atoms with Crippen molar-refractivity contribution in [3.05, 3.63) is 18.6 Å². The summed E-state index contributed by atoms with van der Waals surface area (Å²) in [6, 6.07) is 2.96. The first-order chi connectivity index (χ1) is 19.0. The first kappa shape index (κ1) is 29.1. The van der Waals surface area contributed by atoms with E-state index in [0.29, 0.717) is 30.5 Å². The van der Waals surface area contributed by atoms with Gasteiger partial charge >= 0.3 is 12.1 Å². The van der Waals surface area contributed by atoms with E-state index in [2.05, 4.69) is 27.5 Å². The summed E-state index contributed by atoms with van der Waals surface area (Å²) in [6.07, 6.45) is 6.73. The second kappa shape index (κ2) is 12.1. The van der Waals surface area contributed by atoms with Crippen LogP contribution in [0.15, 0.2) is 18.6 Å². The minimum atomic E-state index is -0.605. The van der Waals surface area contributed by atoms with Gasteiger partial charge in [0.25, 0.3) is 0 Å². The first-order valence-corrected chi connectivity index (χ1v) is 14.0. The van der Waals surface area contributed by atoms with Crippen molar-refractivity contribution in [2.75, 3.05) is 25.0 Å². The predicted molar refractivity (Wildman–Crippen MR) is 150 cm³/mol. The number of ether oxygens (including phenoxy) is 1. The molecule has 12 heteroatoms. The van der Waals surface area contributed by atoms with E-state index in [4.69, 9.17) is 10.00 Å². The summed E-state index contributed by atoms with van der Waals surface area (Å²) in [6.45, 7) is 8.73. The number of nitrogens with zero attached hydrogens (tertiary/aromatic N) is 6. The predicted octanol–water partition coefficient (Wildman–Crippen LogP) is 3.41. The lowest BCUT2D eigenvalue weighted by Gasteiger charge is -2.42. The van der Waals surface area contributed by atoms with Gasteiger partial charge in [0.05, 0.1) is 29.6 Å². The van der Waals surface area contributed by atoms with Gasteiger partial charge in [0.2, 0.25) is 5.91 Å². The Morgan fingerprint density at radius 2 is 1.85 bits per heavy atom. The number of rotatable bonds is 5. The molecule has 2 N–H and O–H groups in total. The number of nitrogens with one attached hydrogen (secondary N) is 2. The van der Waals surface area contributed by atoms with Crippen LogP contribution in [0.25, 0.3) is 11.0 Å². The Hall–Kier alpha value is -3.88. The number of fused-ring (bicyclic) bond motifs is 1. The maximum atomic E-state index is 13.4. The molecular weight excluding hydrogens is 512 g/mol. The quantitative estimate of drug-likeness (QED) is 0.574. The zero-order valence-electron chi connectivity index (χ0n) is 24.0. The largest absolute Gasteiger partial charge is 0.444 e. The number of likely N-dealkylation sites (N-methyl/N-ethyl adjacent to an activating group) is 1. The van der Waals surface area contributed by atoms with E-state index in [1.807, 2.05) is 44.9 Å². The van der Waals surface area contributed by atoms with E-state index in [0.717, 1.165) is 37.5 Å². The highest BCUT2D eigenvalue weighted by Crippen LogP contribution is 2.30. The third kappa shape index (κ3) is 6.63. The highest BCUT2D eigenvalue weighted by Gasteiger charge is 2.34.